The summed E-state index contributed by atoms with van der Waals surface area (Å²) in [6.45, 7) is 9.35. The first-order valence-corrected chi connectivity index (χ1v) is 2.69. The van der Waals surface area contributed by atoms with Gasteiger partial charge in [-0.3, -0.25) is 0 Å². The summed E-state index contributed by atoms with van der Waals surface area (Å²) in [5.41, 5.74) is 0.763. The van der Waals surface area contributed by atoms with Gasteiger partial charge >= 0.3 is 0 Å². The zero-order chi connectivity index (χ0) is 6.57. The van der Waals surface area contributed by atoms with E-state index in [1.165, 1.54) is 0 Å². The van der Waals surface area contributed by atoms with Crippen LogP contribution in [0.5, 0.6) is 0 Å². The monoisotopic (exact) mass is 112 g/mol. The van der Waals surface area contributed by atoms with E-state index >= 15 is 0 Å². The van der Waals surface area contributed by atoms with Crippen LogP contribution in [-0.2, 0) is 0 Å². The first-order chi connectivity index (χ1) is 3.63. The lowest BCUT2D eigenvalue weighted by atomic mass is 10.4. The Morgan fingerprint density at radius 1 is 1.50 bits per heavy atom. The summed E-state index contributed by atoms with van der Waals surface area (Å²) < 4.78 is 0. The molecule has 8 heavy (non-hydrogen) atoms. The van der Waals surface area contributed by atoms with Crippen LogP contribution >= 0.6 is 0 Å². The summed E-state index contributed by atoms with van der Waals surface area (Å²) in [5.74, 6) is 0. The van der Waals surface area contributed by atoms with Crippen molar-refractivity contribution >= 4 is 0 Å². The number of rotatable bonds is 2. The number of hydrogen-bond acceptors (Lipinski definition) is 2. The van der Waals surface area contributed by atoms with E-state index in [-0.39, 0.29) is 6.04 Å². The Bertz CT molecular complexity index is 103. The average Bonchev–Trinajstić information content (AvgIpc) is 1.61. The third kappa shape index (κ3) is 5.34. The number of allylic oxidation sites excluding steroid dienone is 1. The molecule has 0 saturated carbocycles. The molecule has 0 radical (unpaired) electrons. The van der Waals surface area contributed by atoms with Gasteiger partial charge < -0.3 is 0 Å². The van der Waals surface area contributed by atoms with Crippen molar-refractivity contribution in [2.45, 2.75) is 26.8 Å². The van der Waals surface area contributed by atoms with E-state index in [0.717, 1.165) is 5.70 Å². The molecule has 0 heterocycles. The van der Waals surface area contributed by atoms with E-state index in [9.17, 15) is 0 Å². The first-order valence-electron chi connectivity index (χ1n) is 2.69. The quantitative estimate of drug-likeness (QED) is 0.490. The smallest absolute Gasteiger partial charge is 0.0656 e. The minimum Gasteiger partial charge on any atom is -0.186 e. The topological polar surface area (TPSA) is 24.7 Å². The largest absolute Gasteiger partial charge is 0.186 e. The van der Waals surface area contributed by atoms with Gasteiger partial charge in [0.25, 0.3) is 0 Å². The third-order valence-electron chi connectivity index (χ3n) is 0.459. The van der Waals surface area contributed by atoms with Crippen LogP contribution < -0.4 is 0 Å². The van der Waals surface area contributed by atoms with Gasteiger partial charge in [0.2, 0.25) is 0 Å². The standard InChI is InChI=1S/C6H12N2/c1-5(2)7-8-6(3)4/h6H,1H2,2-4H3. The Balaban J connectivity index is 3.50. The summed E-state index contributed by atoms with van der Waals surface area (Å²) in [5, 5.41) is 7.60. The van der Waals surface area contributed by atoms with Crippen LogP contribution in [0.15, 0.2) is 22.5 Å². The number of hydrogen-bond donors (Lipinski definition) is 0. The predicted molar refractivity (Wildman–Crippen MR) is 34.8 cm³/mol. The lowest BCUT2D eigenvalue weighted by molar-refractivity contribution is 0.767. The molecule has 0 bridgehead atoms. The van der Waals surface area contributed by atoms with Crippen LogP contribution in [0.3, 0.4) is 0 Å². The van der Waals surface area contributed by atoms with Gasteiger partial charge in [-0.1, -0.05) is 6.58 Å². The zero-order valence-electron chi connectivity index (χ0n) is 5.68. The predicted octanol–water partition coefficient (Wildman–Crippen LogP) is 2.38. The van der Waals surface area contributed by atoms with Crippen molar-refractivity contribution in [3.8, 4) is 0 Å². The second-order valence-electron chi connectivity index (χ2n) is 2.04. The van der Waals surface area contributed by atoms with Crippen LogP contribution in [-0.4, -0.2) is 6.04 Å². The van der Waals surface area contributed by atoms with Crippen molar-refractivity contribution in [2.24, 2.45) is 10.2 Å². The van der Waals surface area contributed by atoms with E-state index in [1.807, 2.05) is 20.8 Å². The van der Waals surface area contributed by atoms with Crippen molar-refractivity contribution < 1.29 is 0 Å². The fraction of sp³-hybridized carbons (Fsp3) is 0.667. The van der Waals surface area contributed by atoms with Crippen LogP contribution in [0, 0.1) is 0 Å². The van der Waals surface area contributed by atoms with Crippen molar-refractivity contribution in [3.63, 3.8) is 0 Å². The molecule has 0 spiro atoms. The highest BCUT2D eigenvalue weighted by Crippen LogP contribution is 1.93. The molecule has 0 rings (SSSR count). The van der Waals surface area contributed by atoms with Crippen molar-refractivity contribution in [2.75, 3.05) is 0 Å². The lowest BCUT2D eigenvalue weighted by Gasteiger charge is -1.90. The Morgan fingerprint density at radius 3 is 2.12 bits per heavy atom. The zero-order valence-corrected chi connectivity index (χ0v) is 5.68. The molecular formula is C6H12N2. The molecule has 0 aliphatic carbocycles. The van der Waals surface area contributed by atoms with Gasteiger partial charge in [-0.05, 0) is 20.8 Å². The minimum atomic E-state index is 0.284. The van der Waals surface area contributed by atoms with Gasteiger partial charge in [-0.2, -0.15) is 10.2 Å². The van der Waals surface area contributed by atoms with Crippen molar-refractivity contribution in [1.82, 2.24) is 0 Å². The second-order valence-corrected chi connectivity index (χ2v) is 2.04. The molecule has 0 aromatic carbocycles. The van der Waals surface area contributed by atoms with Gasteiger partial charge in [-0.25, -0.2) is 0 Å². The average molecular weight is 112 g/mol. The number of azo groups is 1. The van der Waals surface area contributed by atoms with Gasteiger partial charge in [0.15, 0.2) is 0 Å². The molecule has 46 valence electrons. The lowest BCUT2D eigenvalue weighted by Crippen LogP contribution is -1.84. The maximum absolute atomic E-state index is 3.85. The summed E-state index contributed by atoms with van der Waals surface area (Å²) in [4.78, 5) is 0. The van der Waals surface area contributed by atoms with Crippen LogP contribution in [0.4, 0.5) is 0 Å². The van der Waals surface area contributed by atoms with E-state index in [4.69, 9.17) is 0 Å². The molecule has 0 unspecified atom stereocenters. The maximum atomic E-state index is 3.85. The van der Waals surface area contributed by atoms with E-state index in [1.54, 1.807) is 0 Å². The molecule has 0 saturated heterocycles. The molecule has 0 aromatic rings. The molecule has 0 N–H and O–H groups in total. The van der Waals surface area contributed by atoms with Crippen LogP contribution in [0.2, 0.25) is 0 Å². The Hall–Kier alpha value is -0.660. The normalized spacial score (nSPS) is 11.0. The summed E-state index contributed by atoms with van der Waals surface area (Å²) in [6.07, 6.45) is 0. The molecule has 0 aliphatic heterocycles. The Morgan fingerprint density at radius 2 is 2.00 bits per heavy atom. The molecule has 0 fully saturated rings. The van der Waals surface area contributed by atoms with Crippen molar-refractivity contribution in [3.05, 3.63) is 12.3 Å². The maximum Gasteiger partial charge on any atom is 0.0656 e. The van der Waals surface area contributed by atoms with E-state index < -0.39 is 0 Å². The van der Waals surface area contributed by atoms with Gasteiger partial charge in [0.1, 0.15) is 0 Å². The summed E-state index contributed by atoms with van der Waals surface area (Å²) in [7, 11) is 0. The fourth-order valence-corrected chi connectivity index (χ4v) is 0.214. The van der Waals surface area contributed by atoms with E-state index in [0.29, 0.717) is 0 Å². The van der Waals surface area contributed by atoms with Crippen molar-refractivity contribution in [1.29, 1.82) is 0 Å². The SMILES string of the molecule is C=C(C)N=NC(C)C. The molecule has 0 atom stereocenters. The Kier molecular flexibility index (Phi) is 3.08. The molecule has 0 aliphatic rings. The first kappa shape index (κ1) is 7.34. The molecular weight excluding hydrogens is 100 g/mol. The summed E-state index contributed by atoms with van der Waals surface area (Å²) >= 11 is 0. The van der Waals surface area contributed by atoms with E-state index in [2.05, 4.69) is 16.8 Å². The molecule has 2 nitrogen and oxygen atoms in total. The summed E-state index contributed by atoms with van der Waals surface area (Å²) in [6, 6.07) is 0.284. The third-order valence-corrected chi connectivity index (χ3v) is 0.459. The number of nitrogens with zero attached hydrogens (tertiary/aromatic N) is 2. The Labute approximate surface area is 50.3 Å². The van der Waals surface area contributed by atoms with Crippen LogP contribution in [0.1, 0.15) is 20.8 Å². The van der Waals surface area contributed by atoms with Gasteiger partial charge in [-0.15, -0.1) is 0 Å². The highest BCUT2D eigenvalue weighted by molar-refractivity contribution is 4.82. The molecule has 0 amide bonds. The van der Waals surface area contributed by atoms with Gasteiger partial charge in [0.05, 0.1) is 11.7 Å². The van der Waals surface area contributed by atoms with Crippen LogP contribution in [0.25, 0.3) is 0 Å². The fourth-order valence-electron chi connectivity index (χ4n) is 0.214. The molecule has 2 heteroatoms. The highest BCUT2D eigenvalue weighted by atomic mass is 15.1. The minimum absolute atomic E-state index is 0.284. The molecule has 0 aromatic heterocycles. The second kappa shape index (κ2) is 3.36. The highest BCUT2D eigenvalue weighted by Gasteiger charge is 1.82. The van der Waals surface area contributed by atoms with Gasteiger partial charge in [0, 0.05) is 0 Å².